The Kier molecular flexibility index (Phi) is 2.69. The number of nitrogens with one attached hydrogen (secondary N) is 1. The predicted octanol–water partition coefficient (Wildman–Crippen LogP) is 3.47. The van der Waals surface area contributed by atoms with Gasteiger partial charge < -0.3 is 0 Å². The molecule has 3 rings (SSSR count). The first-order chi connectivity index (χ1) is 8.40. The van der Waals surface area contributed by atoms with Crippen molar-refractivity contribution in [2.75, 3.05) is 0 Å². The normalized spacial score (nSPS) is 14.8. The van der Waals surface area contributed by atoms with Gasteiger partial charge in [-0.1, -0.05) is 0 Å². The van der Waals surface area contributed by atoms with Gasteiger partial charge in [-0.15, -0.1) is 0 Å². The molecule has 0 spiro atoms. The monoisotopic (exact) mass is 243 g/mol. The second kappa shape index (κ2) is 4.34. The van der Waals surface area contributed by atoms with E-state index in [4.69, 9.17) is 5.26 Å². The van der Waals surface area contributed by atoms with E-state index in [9.17, 15) is 0 Å². The minimum Gasteiger partial charge on any atom is -0.281 e. The molecule has 0 amide bonds. The lowest BCUT2D eigenvalue weighted by Crippen LogP contribution is -1.91. The van der Waals surface area contributed by atoms with Crippen LogP contribution in [-0.4, -0.2) is 10.2 Å². The zero-order valence-electron chi connectivity index (χ0n) is 9.44. The predicted molar refractivity (Wildman–Crippen MR) is 67.8 cm³/mol. The smallest absolute Gasteiger partial charge is 0.0964 e. The Labute approximate surface area is 104 Å². The van der Waals surface area contributed by atoms with Crippen LogP contribution in [0.4, 0.5) is 0 Å². The number of aromatic nitrogens is 2. The molecule has 17 heavy (non-hydrogen) atoms. The molecule has 0 radical (unpaired) electrons. The van der Waals surface area contributed by atoms with Gasteiger partial charge in [0.2, 0.25) is 0 Å². The molecule has 0 bridgehead atoms. The van der Waals surface area contributed by atoms with Crippen LogP contribution in [0.15, 0.2) is 16.8 Å². The van der Waals surface area contributed by atoms with E-state index in [1.54, 1.807) is 11.3 Å². The minimum atomic E-state index is 0.566. The molecule has 1 N–H and O–H groups in total. The lowest BCUT2D eigenvalue weighted by atomic mass is 10.0. The molecular weight excluding hydrogens is 230 g/mol. The first kappa shape index (κ1) is 10.5. The second-order valence-electron chi connectivity index (χ2n) is 4.41. The van der Waals surface area contributed by atoms with Gasteiger partial charge in [0.1, 0.15) is 0 Å². The number of H-pyrrole nitrogens is 1. The van der Waals surface area contributed by atoms with Crippen molar-refractivity contribution < 1.29 is 0 Å². The average molecular weight is 243 g/mol. The summed E-state index contributed by atoms with van der Waals surface area (Å²) < 4.78 is 0. The lowest BCUT2D eigenvalue weighted by Gasteiger charge is -2.01. The molecule has 3 nitrogen and oxygen atoms in total. The van der Waals surface area contributed by atoms with Gasteiger partial charge in [-0.05, 0) is 30.7 Å². The Balaban J connectivity index is 2.00. The van der Waals surface area contributed by atoms with E-state index in [-0.39, 0.29) is 0 Å². The highest BCUT2D eigenvalue weighted by Crippen LogP contribution is 2.43. The fourth-order valence-corrected chi connectivity index (χ4v) is 2.80. The highest BCUT2D eigenvalue weighted by Gasteiger charge is 2.29. The van der Waals surface area contributed by atoms with E-state index in [1.165, 1.54) is 29.7 Å². The molecule has 4 heteroatoms. The summed E-state index contributed by atoms with van der Waals surface area (Å²) in [5, 5.41) is 20.6. The highest BCUT2D eigenvalue weighted by atomic mass is 32.1. The third kappa shape index (κ3) is 1.98. The Morgan fingerprint density at radius 3 is 3.06 bits per heavy atom. The van der Waals surface area contributed by atoms with Crippen LogP contribution in [0.5, 0.6) is 0 Å². The van der Waals surface area contributed by atoms with E-state index in [1.807, 2.05) is 0 Å². The van der Waals surface area contributed by atoms with Crippen LogP contribution < -0.4 is 0 Å². The maximum atomic E-state index is 8.75. The number of hydrogen-bond donors (Lipinski definition) is 1. The quantitative estimate of drug-likeness (QED) is 0.893. The van der Waals surface area contributed by atoms with Crippen LogP contribution >= 0.6 is 11.3 Å². The molecule has 2 aromatic rings. The SMILES string of the molecule is N#CCCc1c(-c2ccsc2)n[nH]c1C1CC1. The molecule has 1 aliphatic rings. The van der Waals surface area contributed by atoms with Crippen molar-refractivity contribution in [3.05, 3.63) is 28.1 Å². The van der Waals surface area contributed by atoms with Crippen molar-refractivity contribution >= 4 is 11.3 Å². The Hall–Kier alpha value is -1.60. The lowest BCUT2D eigenvalue weighted by molar-refractivity contribution is 0.927. The molecule has 0 aliphatic heterocycles. The van der Waals surface area contributed by atoms with Crippen LogP contribution in [0.2, 0.25) is 0 Å². The van der Waals surface area contributed by atoms with Gasteiger partial charge in [0.25, 0.3) is 0 Å². The number of nitriles is 1. The molecule has 0 aromatic carbocycles. The molecule has 1 fully saturated rings. The number of aromatic amines is 1. The third-order valence-electron chi connectivity index (χ3n) is 3.17. The van der Waals surface area contributed by atoms with Crippen molar-refractivity contribution in [1.82, 2.24) is 10.2 Å². The molecule has 0 atom stereocenters. The first-order valence-corrected chi connectivity index (χ1v) is 6.81. The number of nitrogens with zero attached hydrogens (tertiary/aromatic N) is 2. The fraction of sp³-hybridized carbons (Fsp3) is 0.385. The van der Waals surface area contributed by atoms with Crippen molar-refractivity contribution in [2.24, 2.45) is 0 Å². The molecule has 0 saturated heterocycles. The van der Waals surface area contributed by atoms with Gasteiger partial charge in [0.15, 0.2) is 0 Å². The Bertz CT molecular complexity index is 544. The van der Waals surface area contributed by atoms with Gasteiger partial charge >= 0.3 is 0 Å². The maximum Gasteiger partial charge on any atom is 0.0964 e. The standard InChI is InChI=1S/C13H13N3S/c14-6-1-2-11-12(9-3-4-9)15-16-13(11)10-5-7-17-8-10/h5,7-9H,1-4H2,(H,15,16). The zero-order chi connectivity index (χ0) is 11.7. The van der Waals surface area contributed by atoms with E-state index in [2.05, 4.69) is 33.1 Å². The zero-order valence-corrected chi connectivity index (χ0v) is 10.3. The summed E-state index contributed by atoms with van der Waals surface area (Å²) >= 11 is 1.68. The molecule has 86 valence electrons. The van der Waals surface area contributed by atoms with Crippen molar-refractivity contribution in [3.63, 3.8) is 0 Å². The molecule has 1 saturated carbocycles. The van der Waals surface area contributed by atoms with Gasteiger partial charge in [-0.25, -0.2) is 0 Å². The topological polar surface area (TPSA) is 52.5 Å². The second-order valence-corrected chi connectivity index (χ2v) is 5.19. The third-order valence-corrected chi connectivity index (χ3v) is 3.85. The molecular formula is C13H13N3S. The van der Waals surface area contributed by atoms with Crippen molar-refractivity contribution in [1.29, 1.82) is 5.26 Å². The molecule has 2 aromatic heterocycles. The summed E-state index contributed by atoms with van der Waals surface area (Å²) in [5.74, 6) is 0.656. The van der Waals surface area contributed by atoms with E-state index >= 15 is 0 Å². The summed E-state index contributed by atoms with van der Waals surface area (Å²) in [7, 11) is 0. The van der Waals surface area contributed by atoms with E-state index in [0.717, 1.165) is 12.1 Å². The van der Waals surface area contributed by atoms with Gasteiger partial charge in [0.05, 0.1) is 11.8 Å². The first-order valence-electron chi connectivity index (χ1n) is 5.87. The summed E-state index contributed by atoms with van der Waals surface area (Å²) in [6.45, 7) is 0. The van der Waals surface area contributed by atoms with Crippen LogP contribution in [0, 0.1) is 11.3 Å². The van der Waals surface area contributed by atoms with Crippen molar-refractivity contribution in [2.45, 2.75) is 31.6 Å². The summed E-state index contributed by atoms with van der Waals surface area (Å²) in [6, 6.07) is 4.32. The Morgan fingerprint density at radius 1 is 1.53 bits per heavy atom. The van der Waals surface area contributed by atoms with Crippen molar-refractivity contribution in [3.8, 4) is 17.3 Å². The fourth-order valence-electron chi connectivity index (χ4n) is 2.16. The maximum absolute atomic E-state index is 8.75. The molecule has 2 heterocycles. The number of hydrogen-bond acceptors (Lipinski definition) is 3. The van der Waals surface area contributed by atoms with Crippen LogP contribution in [0.3, 0.4) is 0 Å². The van der Waals surface area contributed by atoms with Crippen LogP contribution in [0.1, 0.15) is 36.4 Å². The van der Waals surface area contributed by atoms with Crippen LogP contribution in [-0.2, 0) is 6.42 Å². The summed E-state index contributed by atoms with van der Waals surface area (Å²) in [6.07, 6.45) is 3.88. The summed E-state index contributed by atoms with van der Waals surface area (Å²) in [5.41, 5.74) is 4.74. The van der Waals surface area contributed by atoms with Gasteiger partial charge in [-0.3, -0.25) is 5.10 Å². The van der Waals surface area contributed by atoms with E-state index < -0.39 is 0 Å². The largest absolute Gasteiger partial charge is 0.281 e. The minimum absolute atomic E-state index is 0.566. The van der Waals surface area contributed by atoms with E-state index in [0.29, 0.717) is 12.3 Å². The average Bonchev–Trinajstić information content (AvgIpc) is 2.91. The number of rotatable bonds is 4. The number of thiophene rings is 1. The summed E-state index contributed by atoms with van der Waals surface area (Å²) in [4.78, 5) is 0. The Morgan fingerprint density at radius 2 is 2.41 bits per heavy atom. The molecule has 0 unspecified atom stereocenters. The van der Waals surface area contributed by atoms with Gasteiger partial charge in [0, 0.05) is 34.5 Å². The van der Waals surface area contributed by atoms with Crippen LogP contribution in [0.25, 0.3) is 11.3 Å². The molecule has 1 aliphatic carbocycles. The van der Waals surface area contributed by atoms with Gasteiger partial charge in [-0.2, -0.15) is 21.7 Å². The highest BCUT2D eigenvalue weighted by molar-refractivity contribution is 7.08.